The van der Waals surface area contributed by atoms with Crippen LogP contribution in [0.5, 0.6) is 11.5 Å². The molecular formula is C20H15BrO4. The van der Waals surface area contributed by atoms with Crippen molar-refractivity contribution in [3.05, 3.63) is 63.3 Å². The molecule has 1 aliphatic heterocycles. The summed E-state index contributed by atoms with van der Waals surface area (Å²) < 4.78 is 12.1. The summed E-state index contributed by atoms with van der Waals surface area (Å²) in [4.78, 5) is 24.5. The summed E-state index contributed by atoms with van der Waals surface area (Å²) in [7, 11) is 0. The Labute approximate surface area is 153 Å². The molecule has 0 N–H and O–H groups in total. The first-order valence-electron chi connectivity index (χ1n) is 8.07. The lowest BCUT2D eigenvalue weighted by atomic mass is 10.0. The third-order valence-corrected chi connectivity index (χ3v) is 4.71. The van der Waals surface area contributed by atoms with Gasteiger partial charge in [0.1, 0.15) is 11.5 Å². The molecule has 2 aromatic carbocycles. The quantitative estimate of drug-likeness (QED) is 0.427. The van der Waals surface area contributed by atoms with E-state index in [2.05, 4.69) is 15.9 Å². The van der Waals surface area contributed by atoms with Crippen molar-refractivity contribution in [2.75, 3.05) is 0 Å². The second-order valence-electron chi connectivity index (χ2n) is 6.30. The number of ketones is 1. The number of Topliss-reactive ketones (excluding diaryl/α,β-unsaturated/α-hetero) is 1. The standard InChI is InChI=1S/C20H15BrO4/c1-11-7-15(24-20(23)13-5-6-13)10-16-18(11)19(22)17(25-16)9-12-3-2-4-14(21)8-12/h2-4,7-10,13H,5-6H2,1H3/b17-9-. The molecule has 1 saturated carbocycles. The Kier molecular flexibility index (Phi) is 3.96. The van der Waals surface area contributed by atoms with E-state index in [4.69, 9.17) is 9.47 Å². The van der Waals surface area contributed by atoms with Crippen LogP contribution in [-0.4, -0.2) is 11.8 Å². The second kappa shape index (κ2) is 6.15. The van der Waals surface area contributed by atoms with Gasteiger partial charge in [-0.3, -0.25) is 9.59 Å². The first kappa shape index (κ1) is 16.1. The molecule has 2 aromatic rings. The molecule has 1 aliphatic carbocycles. The second-order valence-corrected chi connectivity index (χ2v) is 7.22. The van der Waals surface area contributed by atoms with E-state index in [1.807, 2.05) is 31.2 Å². The third kappa shape index (κ3) is 3.24. The van der Waals surface area contributed by atoms with Crippen molar-refractivity contribution in [1.29, 1.82) is 0 Å². The smallest absolute Gasteiger partial charge is 0.314 e. The predicted octanol–water partition coefficient (Wildman–Crippen LogP) is 4.69. The molecule has 25 heavy (non-hydrogen) atoms. The van der Waals surface area contributed by atoms with Crippen LogP contribution in [0.4, 0.5) is 0 Å². The van der Waals surface area contributed by atoms with E-state index in [-0.39, 0.29) is 23.4 Å². The minimum absolute atomic E-state index is 0.0168. The van der Waals surface area contributed by atoms with Gasteiger partial charge in [0.05, 0.1) is 11.5 Å². The number of benzene rings is 2. The number of rotatable bonds is 3. The molecule has 2 aliphatic rings. The van der Waals surface area contributed by atoms with Gasteiger partial charge in [-0.25, -0.2) is 0 Å². The summed E-state index contributed by atoms with van der Waals surface area (Å²) in [6, 6.07) is 10.9. The van der Waals surface area contributed by atoms with Gasteiger partial charge >= 0.3 is 5.97 Å². The van der Waals surface area contributed by atoms with Crippen LogP contribution in [0.15, 0.2) is 46.6 Å². The normalized spacial score (nSPS) is 17.4. The maximum atomic E-state index is 12.6. The van der Waals surface area contributed by atoms with Gasteiger partial charge in [0.15, 0.2) is 5.76 Å². The number of esters is 1. The van der Waals surface area contributed by atoms with E-state index >= 15 is 0 Å². The fraction of sp³-hybridized carbons (Fsp3) is 0.200. The summed E-state index contributed by atoms with van der Waals surface area (Å²) in [6.45, 7) is 1.82. The van der Waals surface area contributed by atoms with Gasteiger partial charge in [-0.2, -0.15) is 0 Å². The number of carbonyl (C=O) groups excluding carboxylic acids is 2. The van der Waals surface area contributed by atoms with E-state index in [1.165, 1.54) is 0 Å². The van der Waals surface area contributed by atoms with Gasteiger partial charge in [-0.1, -0.05) is 28.1 Å². The number of allylic oxidation sites excluding steroid dienone is 1. The molecule has 0 spiro atoms. The first-order chi connectivity index (χ1) is 12.0. The van der Waals surface area contributed by atoms with Gasteiger partial charge in [-0.15, -0.1) is 0 Å². The largest absolute Gasteiger partial charge is 0.452 e. The van der Waals surface area contributed by atoms with Crippen LogP contribution in [-0.2, 0) is 4.79 Å². The lowest BCUT2D eigenvalue weighted by molar-refractivity contribution is -0.135. The predicted molar refractivity (Wildman–Crippen MR) is 96.6 cm³/mol. The van der Waals surface area contributed by atoms with E-state index in [1.54, 1.807) is 18.2 Å². The Balaban J connectivity index is 1.64. The fourth-order valence-corrected chi connectivity index (χ4v) is 3.22. The van der Waals surface area contributed by atoms with Crippen molar-refractivity contribution in [3.63, 3.8) is 0 Å². The molecule has 0 unspecified atom stereocenters. The molecule has 4 nitrogen and oxygen atoms in total. The zero-order valence-corrected chi connectivity index (χ0v) is 15.1. The maximum Gasteiger partial charge on any atom is 0.314 e. The molecular weight excluding hydrogens is 384 g/mol. The van der Waals surface area contributed by atoms with E-state index in [0.29, 0.717) is 17.1 Å². The number of hydrogen-bond donors (Lipinski definition) is 0. The zero-order chi connectivity index (χ0) is 17.6. The minimum Gasteiger partial charge on any atom is -0.452 e. The van der Waals surface area contributed by atoms with Gasteiger partial charge < -0.3 is 9.47 Å². The van der Waals surface area contributed by atoms with Crippen molar-refractivity contribution in [2.24, 2.45) is 5.92 Å². The Morgan fingerprint density at radius 3 is 2.80 bits per heavy atom. The van der Waals surface area contributed by atoms with E-state index in [9.17, 15) is 9.59 Å². The van der Waals surface area contributed by atoms with Crippen molar-refractivity contribution in [1.82, 2.24) is 0 Å². The highest BCUT2D eigenvalue weighted by Crippen LogP contribution is 2.38. The van der Waals surface area contributed by atoms with Crippen molar-refractivity contribution in [3.8, 4) is 11.5 Å². The summed E-state index contributed by atoms with van der Waals surface area (Å²) in [5, 5.41) is 0. The van der Waals surface area contributed by atoms with Crippen molar-refractivity contribution >= 4 is 33.8 Å². The number of aryl methyl sites for hydroxylation is 1. The highest BCUT2D eigenvalue weighted by Gasteiger charge is 2.33. The van der Waals surface area contributed by atoms with Crippen LogP contribution >= 0.6 is 15.9 Å². The summed E-state index contributed by atoms with van der Waals surface area (Å²) in [6.07, 6.45) is 3.48. The van der Waals surface area contributed by atoms with E-state index in [0.717, 1.165) is 28.4 Å². The average molecular weight is 399 g/mol. The van der Waals surface area contributed by atoms with Gasteiger partial charge in [0.25, 0.3) is 0 Å². The molecule has 0 saturated heterocycles. The highest BCUT2D eigenvalue weighted by molar-refractivity contribution is 9.10. The number of halogens is 1. The molecule has 0 aromatic heterocycles. The van der Waals surface area contributed by atoms with Crippen LogP contribution in [0.3, 0.4) is 0 Å². The summed E-state index contributed by atoms with van der Waals surface area (Å²) >= 11 is 3.41. The highest BCUT2D eigenvalue weighted by atomic mass is 79.9. The molecule has 1 fully saturated rings. The molecule has 126 valence electrons. The van der Waals surface area contributed by atoms with Crippen LogP contribution < -0.4 is 9.47 Å². The molecule has 0 amide bonds. The monoisotopic (exact) mass is 398 g/mol. The fourth-order valence-electron chi connectivity index (χ4n) is 2.80. The molecule has 0 atom stereocenters. The topological polar surface area (TPSA) is 52.6 Å². The van der Waals surface area contributed by atoms with Crippen LogP contribution in [0, 0.1) is 12.8 Å². The average Bonchev–Trinajstić information content (AvgIpc) is 3.34. The van der Waals surface area contributed by atoms with Crippen LogP contribution in [0.2, 0.25) is 0 Å². The minimum atomic E-state index is -0.214. The zero-order valence-electron chi connectivity index (χ0n) is 13.5. The number of fused-ring (bicyclic) bond motifs is 1. The van der Waals surface area contributed by atoms with E-state index < -0.39 is 0 Å². The van der Waals surface area contributed by atoms with Crippen molar-refractivity contribution in [2.45, 2.75) is 19.8 Å². The lowest BCUT2D eigenvalue weighted by Gasteiger charge is -2.07. The van der Waals surface area contributed by atoms with Crippen LogP contribution in [0.25, 0.3) is 6.08 Å². The molecule has 1 heterocycles. The molecule has 0 radical (unpaired) electrons. The van der Waals surface area contributed by atoms with Gasteiger partial charge in [0.2, 0.25) is 5.78 Å². The summed E-state index contributed by atoms with van der Waals surface area (Å²) in [5.74, 6) is 0.764. The third-order valence-electron chi connectivity index (χ3n) is 4.22. The number of ether oxygens (including phenoxy) is 2. The van der Waals surface area contributed by atoms with Gasteiger partial charge in [0, 0.05) is 10.5 Å². The van der Waals surface area contributed by atoms with Gasteiger partial charge in [-0.05, 0) is 55.2 Å². The number of carbonyl (C=O) groups is 2. The maximum absolute atomic E-state index is 12.6. The van der Waals surface area contributed by atoms with Crippen molar-refractivity contribution < 1.29 is 19.1 Å². The Morgan fingerprint density at radius 1 is 1.28 bits per heavy atom. The summed E-state index contributed by atoms with van der Waals surface area (Å²) in [5.41, 5.74) is 2.12. The Hall–Kier alpha value is -2.40. The molecule has 0 bridgehead atoms. The Bertz CT molecular complexity index is 925. The lowest BCUT2D eigenvalue weighted by Crippen LogP contribution is -2.10. The first-order valence-corrected chi connectivity index (χ1v) is 8.87. The molecule has 5 heteroatoms. The van der Waals surface area contributed by atoms with Crippen LogP contribution in [0.1, 0.15) is 34.3 Å². The SMILES string of the molecule is Cc1cc(OC(=O)C2CC2)cc2c1C(=O)/C(=C/c1cccc(Br)c1)O2. The molecule has 4 rings (SSSR count). The Morgan fingerprint density at radius 2 is 2.08 bits per heavy atom. The number of hydrogen-bond acceptors (Lipinski definition) is 4.